The number of hydrogen-bond donors (Lipinski definition) is 2. The molecular weight excluding hydrogens is 476 g/mol. The Morgan fingerprint density at radius 3 is 1.43 bits per heavy atom. The number of halogens is 2. The topological polar surface area (TPSA) is 52.0 Å². The molecule has 3 aromatic rings. The summed E-state index contributed by atoms with van der Waals surface area (Å²) in [4.78, 5) is 0. The predicted molar refractivity (Wildman–Crippen MR) is 122 cm³/mol. The van der Waals surface area contributed by atoms with Crippen molar-refractivity contribution < 1.29 is 0 Å². The minimum atomic E-state index is 0.487. The number of hydrogen-bond acceptors (Lipinski definition) is 2. The summed E-state index contributed by atoms with van der Waals surface area (Å²) in [7, 11) is 0. The molecule has 4 N–H and O–H groups in total. The van der Waals surface area contributed by atoms with E-state index in [9.17, 15) is 0 Å². The molecule has 4 heteroatoms. The van der Waals surface area contributed by atoms with Crippen LogP contribution in [-0.4, -0.2) is 0 Å². The molecule has 0 atom stereocenters. The molecule has 0 aliphatic heterocycles. The van der Waals surface area contributed by atoms with Gasteiger partial charge in [-0.25, -0.2) is 0 Å². The van der Waals surface area contributed by atoms with Crippen molar-refractivity contribution in [2.75, 3.05) is 0 Å². The second-order valence-electron chi connectivity index (χ2n) is 6.19. The normalized spacial score (nSPS) is 9.86. The van der Waals surface area contributed by atoms with E-state index in [2.05, 4.69) is 55.5 Å². The van der Waals surface area contributed by atoms with Gasteiger partial charge in [0.1, 0.15) is 0 Å². The fraction of sp³-hybridized carbons (Fsp3) is 0.0833. The number of nitrogens with two attached hydrogens (primary N) is 2. The second kappa shape index (κ2) is 9.73. The molecule has 28 heavy (non-hydrogen) atoms. The largest absolute Gasteiger partial charge is 0.326 e. The Kier molecular flexibility index (Phi) is 7.09. The first-order valence-electron chi connectivity index (χ1n) is 8.69. The Bertz CT molecular complexity index is 1040. The maximum Gasteiger partial charge on any atom is 0.0263 e. The molecule has 0 unspecified atom stereocenters. The van der Waals surface area contributed by atoms with Gasteiger partial charge in [-0.15, -0.1) is 0 Å². The highest BCUT2D eigenvalue weighted by Crippen LogP contribution is 2.16. The van der Waals surface area contributed by atoms with Gasteiger partial charge in [0.05, 0.1) is 0 Å². The quantitative estimate of drug-likeness (QED) is 0.497. The van der Waals surface area contributed by atoms with Crippen LogP contribution in [0.2, 0.25) is 0 Å². The highest BCUT2D eigenvalue weighted by atomic mass is 79.9. The predicted octanol–water partition coefficient (Wildman–Crippen LogP) is 4.93. The SMILES string of the molecule is NCc1cc(Br)cc(C#Cc2cccc(C#Cc3cc(Br)cc(CN)c3)c2)c1. The van der Waals surface area contributed by atoms with Gasteiger partial charge in [-0.1, -0.05) is 61.6 Å². The Labute approximate surface area is 182 Å². The van der Waals surface area contributed by atoms with Crippen LogP contribution < -0.4 is 11.5 Å². The molecule has 138 valence electrons. The van der Waals surface area contributed by atoms with E-state index in [0.717, 1.165) is 42.3 Å². The van der Waals surface area contributed by atoms with Gasteiger partial charge >= 0.3 is 0 Å². The average Bonchev–Trinajstić information content (AvgIpc) is 2.70. The zero-order valence-corrected chi connectivity index (χ0v) is 18.3. The van der Waals surface area contributed by atoms with Crippen molar-refractivity contribution in [1.82, 2.24) is 0 Å². The summed E-state index contributed by atoms with van der Waals surface area (Å²) in [6.45, 7) is 0.974. The van der Waals surface area contributed by atoms with Gasteiger partial charge in [-0.2, -0.15) is 0 Å². The smallest absolute Gasteiger partial charge is 0.0263 e. The van der Waals surface area contributed by atoms with Crippen LogP contribution in [0.3, 0.4) is 0 Å². The third kappa shape index (κ3) is 5.83. The lowest BCUT2D eigenvalue weighted by Crippen LogP contribution is -1.96. The lowest BCUT2D eigenvalue weighted by Gasteiger charge is -2.00. The van der Waals surface area contributed by atoms with Crippen molar-refractivity contribution in [3.05, 3.63) is 103 Å². The Morgan fingerprint density at radius 1 is 0.571 bits per heavy atom. The summed E-state index contributed by atoms with van der Waals surface area (Å²) in [6.07, 6.45) is 0. The van der Waals surface area contributed by atoms with Gasteiger partial charge in [0.15, 0.2) is 0 Å². The number of benzene rings is 3. The molecule has 0 spiro atoms. The highest BCUT2D eigenvalue weighted by molar-refractivity contribution is 9.10. The molecule has 3 aromatic carbocycles. The molecule has 0 aliphatic rings. The van der Waals surface area contributed by atoms with Crippen molar-refractivity contribution >= 4 is 31.9 Å². The number of rotatable bonds is 2. The standard InChI is InChI=1S/C24H18Br2N2/c25-23-11-19(9-21(13-23)15-27)6-4-17-2-1-3-18(8-17)5-7-20-10-22(16-28)14-24(26)12-20/h1-3,8-14H,15-16,27-28H2. The maximum atomic E-state index is 5.73. The lowest BCUT2D eigenvalue weighted by molar-refractivity contribution is 1.07. The van der Waals surface area contributed by atoms with Gasteiger partial charge in [0.25, 0.3) is 0 Å². The van der Waals surface area contributed by atoms with Crippen molar-refractivity contribution in [2.24, 2.45) is 11.5 Å². The van der Waals surface area contributed by atoms with Crippen molar-refractivity contribution in [3.63, 3.8) is 0 Å². The van der Waals surface area contributed by atoms with E-state index in [4.69, 9.17) is 11.5 Å². The van der Waals surface area contributed by atoms with Crippen LogP contribution in [0.5, 0.6) is 0 Å². The summed E-state index contributed by atoms with van der Waals surface area (Å²) in [5.74, 6) is 12.8. The molecular formula is C24H18Br2N2. The van der Waals surface area contributed by atoms with E-state index in [1.807, 2.05) is 60.7 Å². The Hall–Kier alpha value is -2.34. The van der Waals surface area contributed by atoms with Crippen LogP contribution in [0.15, 0.2) is 69.6 Å². The molecule has 0 heterocycles. The highest BCUT2D eigenvalue weighted by Gasteiger charge is 1.98. The van der Waals surface area contributed by atoms with E-state index >= 15 is 0 Å². The lowest BCUT2D eigenvalue weighted by atomic mass is 10.1. The van der Waals surface area contributed by atoms with Gasteiger partial charge in [-0.3, -0.25) is 0 Å². The maximum absolute atomic E-state index is 5.73. The molecule has 0 amide bonds. The van der Waals surface area contributed by atoms with E-state index in [0.29, 0.717) is 13.1 Å². The van der Waals surface area contributed by atoms with E-state index < -0.39 is 0 Å². The molecule has 0 fully saturated rings. The fourth-order valence-corrected chi connectivity index (χ4v) is 3.73. The first kappa shape index (κ1) is 20.4. The first-order chi connectivity index (χ1) is 13.6. The third-order valence-electron chi connectivity index (χ3n) is 3.95. The van der Waals surface area contributed by atoms with Crippen LogP contribution in [0.1, 0.15) is 33.4 Å². The Balaban J connectivity index is 1.85. The van der Waals surface area contributed by atoms with Crippen molar-refractivity contribution in [1.29, 1.82) is 0 Å². The molecule has 0 saturated heterocycles. The van der Waals surface area contributed by atoms with E-state index in [1.54, 1.807) is 0 Å². The summed E-state index contributed by atoms with van der Waals surface area (Å²) in [5, 5.41) is 0. The van der Waals surface area contributed by atoms with Crippen LogP contribution >= 0.6 is 31.9 Å². The summed E-state index contributed by atoms with van der Waals surface area (Å²) >= 11 is 6.99. The molecule has 0 aromatic heterocycles. The van der Waals surface area contributed by atoms with Crippen LogP contribution in [-0.2, 0) is 13.1 Å². The molecule has 0 radical (unpaired) electrons. The zero-order valence-electron chi connectivity index (χ0n) is 15.1. The van der Waals surface area contributed by atoms with Gasteiger partial charge in [0.2, 0.25) is 0 Å². The van der Waals surface area contributed by atoms with E-state index in [-0.39, 0.29) is 0 Å². The van der Waals surface area contributed by atoms with Crippen LogP contribution in [0.4, 0.5) is 0 Å². The average molecular weight is 494 g/mol. The van der Waals surface area contributed by atoms with Gasteiger partial charge in [0, 0.05) is 44.3 Å². The van der Waals surface area contributed by atoms with Crippen LogP contribution in [0.25, 0.3) is 0 Å². The molecule has 2 nitrogen and oxygen atoms in total. The molecule has 0 bridgehead atoms. The van der Waals surface area contributed by atoms with Gasteiger partial charge in [-0.05, 0) is 65.7 Å². The van der Waals surface area contributed by atoms with Gasteiger partial charge < -0.3 is 11.5 Å². The zero-order chi connectivity index (χ0) is 19.9. The summed E-state index contributed by atoms with van der Waals surface area (Å²) in [6, 6.07) is 19.9. The van der Waals surface area contributed by atoms with Crippen molar-refractivity contribution in [3.8, 4) is 23.7 Å². The monoisotopic (exact) mass is 492 g/mol. The molecule has 0 saturated carbocycles. The van der Waals surface area contributed by atoms with Crippen LogP contribution in [0, 0.1) is 23.7 Å². The summed E-state index contributed by atoms with van der Waals surface area (Å²) in [5.41, 5.74) is 17.2. The van der Waals surface area contributed by atoms with Crippen molar-refractivity contribution in [2.45, 2.75) is 13.1 Å². The minimum Gasteiger partial charge on any atom is -0.326 e. The molecule has 0 aliphatic carbocycles. The Morgan fingerprint density at radius 2 is 1.00 bits per heavy atom. The fourth-order valence-electron chi connectivity index (χ4n) is 2.64. The second-order valence-corrected chi connectivity index (χ2v) is 8.02. The summed E-state index contributed by atoms with van der Waals surface area (Å²) < 4.78 is 1.95. The van der Waals surface area contributed by atoms with E-state index in [1.165, 1.54) is 0 Å². The minimum absolute atomic E-state index is 0.487. The third-order valence-corrected chi connectivity index (χ3v) is 4.87. The molecule has 3 rings (SSSR count). The first-order valence-corrected chi connectivity index (χ1v) is 10.3.